The zero-order valence-electron chi connectivity index (χ0n) is 58.5. The van der Waals surface area contributed by atoms with Gasteiger partial charge in [0, 0.05) is 19.8 Å². The Labute approximate surface area is 569 Å². The minimum Gasteiger partial charge on any atom is -0.477 e. The summed E-state index contributed by atoms with van der Waals surface area (Å²) in [5, 5.41) is 136. The lowest BCUT2D eigenvalue weighted by Crippen LogP contribution is -2.70. The molecule has 3 aliphatic heterocycles. The van der Waals surface area contributed by atoms with Crippen molar-refractivity contribution in [1.29, 1.82) is 0 Å². The van der Waals surface area contributed by atoms with Crippen LogP contribution < -0.4 is 10.6 Å². The summed E-state index contributed by atoms with van der Waals surface area (Å²) < 4.78 is 34.9. The second-order valence-electron chi connectivity index (χ2n) is 27.5. The van der Waals surface area contributed by atoms with Gasteiger partial charge in [-0.1, -0.05) is 244 Å². The highest BCUT2D eigenvalue weighted by atomic mass is 16.8. The highest BCUT2D eigenvalue weighted by molar-refractivity contribution is 5.77. The molecular weight excluding hydrogens is 1230 g/mol. The minimum atomic E-state index is -3.08. The average molecular weight is 1360 g/mol. The summed E-state index contributed by atoms with van der Waals surface area (Å²) in [6.07, 6.45) is 23.4. The normalized spacial score (nSPS) is 27.7. The van der Waals surface area contributed by atoms with Gasteiger partial charge in [-0.2, -0.15) is 0 Å². The largest absolute Gasteiger partial charge is 0.477 e. The molecule has 18 atom stereocenters. The first kappa shape index (κ1) is 86.7. The fraction of sp³-hybridized carbons (Fsp3) is 0.931. The van der Waals surface area contributed by atoms with E-state index in [1.54, 1.807) is 0 Å². The van der Waals surface area contributed by atoms with E-state index in [4.69, 9.17) is 28.4 Å². The van der Waals surface area contributed by atoms with E-state index in [2.05, 4.69) is 36.6 Å². The lowest BCUT2D eigenvalue weighted by atomic mass is 9.88. The molecule has 0 aromatic heterocycles. The van der Waals surface area contributed by atoms with Crippen LogP contribution in [0.15, 0.2) is 12.2 Å². The van der Waals surface area contributed by atoms with Crippen molar-refractivity contribution in [3.8, 4) is 0 Å². The van der Waals surface area contributed by atoms with Gasteiger partial charge in [-0.15, -0.1) is 0 Å². The number of carboxylic acids is 1. The Morgan fingerprint density at radius 3 is 1.42 bits per heavy atom. The lowest BCUT2D eigenvalue weighted by molar-refractivity contribution is -0.386. The Bertz CT molecular complexity index is 1960. The minimum absolute atomic E-state index is 0.220. The van der Waals surface area contributed by atoms with Crippen molar-refractivity contribution in [1.82, 2.24) is 10.6 Å². The van der Waals surface area contributed by atoms with Crippen molar-refractivity contribution in [2.75, 3.05) is 26.4 Å². The smallest absolute Gasteiger partial charge is 0.364 e. The van der Waals surface area contributed by atoms with Gasteiger partial charge in [0.05, 0.1) is 50.7 Å². The number of hydrogen-bond donors (Lipinski definition) is 14. The van der Waals surface area contributed by atoms with Crippen LogP contribution in [-0.2, 0) is 42.8 Å². The molecule has 3 rings (SSSR count). The van der Waals surface area contributed by atoms with Crippen LogP contribution in [0.3, 0.4) is 0 Å². The zero-order chi connectivity index (χ0) is 69.6. The number of carbonyl (C=O) groups excluding carboxylic acids is 2. The molecule has 2 amide bonds. The first-order valence-corrected chi connectivity index (χ1v) is 37.5. The van der Waals surface area contributed by atoms with E-state index in [0.29, 0.717) is 19.3 Å². The van der Waals surface area contributed by atoms with E-state index in [0.717, 1.165) is 84.0 Å². The van der Waals surface area contributed by atoms with Gasteiger partial charge < -0.3 is 100 Å². The van der Waals surface area contributed by atoms with Crippen LogP contribution in [0.1, 0.15) is 290 Å². The molecule has 23 nitrogen and oxygen atoms in total. The first-order valence-electron chi connectivity index (χ1n) is 37.5. The molecule has 0 saturated carbocycles. The average Bonchev–Trinajstić information content (AvgIpc) is 0.758. The number of nitrogens with one attached hydrogen (secondary N) is 2. The van der Waals surface area contributed by atoms with Crippen LogP contribution in [0.4, 0.5) is 0 Å². The van der Waals surface area contributed by atoms with Gasteiger partial charge in [-0.3, -0.25) is 9.59 Å². The van der Waals surface area contributed by atoms with Crippen LogP contribution >= 0.6 is 0 Å². The SMILES string of the molecule is CCCCCCCCCC/C=C\CCCCCCCCCC(=O)NC(COC1OC(CO)C(OC2OC(CO)C(O)C(OC3(C(=O)O)CC(O)C(NC(C)=O)C(C(O)C(O)CO)O3)C2O)C(O)C1O)C(O)CCCCCCCCCCCCCCCCCCCCCCCC. The van der Waals surface area contributed by atoms with E-state index in [1.165, 1.54) is 161 Å². The number of unbranched alkanes of at least 4 members (excludes halogenated alkanes) is 36. The van der Waals surface area contributed by atoms with Crippen molar-refractivity contribution in [2.45, 2.75) is 400 Å². The molecule has 18 unspecified atom stereocenters. The summed E-state index contributed by atoms with van der Waals surface area (Å²) in [5.41, 5.74) is 0. The van der Waals surface area contributed by atoms with Gasteiger partial charge >= 0.3 is 5.97 Å². The number of rotatable bonds is 58. The summed E-state index contributed by atoms with van der Waals surface area (Å²) >= 11 is 0. The molecular formula is C72H134N2O21. The Morgan fingerprint density at radius 2 is 0.979 bits per heavy atom. The maximum atomic E-state index is 13.5. The Kier molecular flexibility index (Phi) is 47.9. The van der Waals surface area contributed by atoms with Gasteiger partial charge in [0.1, 0.15) is 67.1 Å². The number of aliphatic hydroxyl groups excluding tert-OH is 11. The maximum Gasteiger partial charge on any atom is 0.364 e. The molecule has 0 radical (unpaired) electrons. The van der Waals surface area contributed by atoms with Crippen LogP contribution in [0, 0.1) is 0 Å². The topological polar surface area (TPSA) is 373 Å². The molecule has 0 aromatic rings. The quantitative estimate of drug-likeness (QED) is 0.0201. The number of carboxylic acid groups (broad SMARTS) is 1. The number of aliphatic carboxylic acids is 1. The predicted molar refractivity (Wildman–Crippen MR) is 362 cm³/mol. The monoisotopic (exact) mass is 1360 g/mol. The lowest BCUT2D eigenvalue weighted by Gasteiger charge is -2.50. The Morgan fingerprint density at radius 1 is 0.537 bits per heavy atom. The third-order valence-electron chi connectivity index (χ3n) is 19.2. The van der Waals surface area contributed by atoms with Crippen LogP contribution in [-0.4, -0.2) is 215 Å². The van der Waals surface area contributed by atoms with Crippen molar-refractivity contribution in [2.24, 2.45) is 0 Å². The number of ether oxygens (including phenoxy) is 6. The summed E-state index contributed by atoms with van der Waals surface area (Å²) in [5.74, 6) is -6.10. The van der Waals surface area contributed by atoms with Crippen LogP contribution in [0.25, 0.3) is 0 Å². The predicted octanol–water partition coefficient (Wildman–Crippen LogP) is 8.24. The number of amides is 2. The fourth-order valence-electron chi connectivity index (χ4n) is 13.2. The van der Waals surface area contributed by atoms with Crippen molar-refractivity contribution >= 4 is 17.8 Å². The molecule has 3 heterocycles. The van der Waals surface area contributed by atoms with Gasteiger partial charge in [-0.05, 0) is 38.5 Å². The zero-order valence-corrected chi connectivity index (χ0v) is 58.5. The third-order valence-corrected chi connectivity index (χ3v) is 19.2. The van der Waals surface area contributed by atoms with E-state index in [-0.39, 0.29) is 18.9 Å². The molecule has 3 fully saturated rings. The molecule has 0 bridgehead atoms. The highest BCUT2D eigenvalue weighted by Crippen LogP contribution is 2.39. The van der Waals surface area contributed by atoms with E-state index >= 15 is 0 Å². The van der Waals surface area contributed by atoms with Gasteiger partial charge in [0.25, 0.3) is 5.79 Å². The van der Waals surface area contributed by atoms with Crippen LogP contribution in [0.5, 0.6) is 0 Å². The highest BCUT2D eigenvalue weighted by Gasteiger charge is 2.60. The summed E-state index contributed by atoms with van der Waals surface area (Å²) in [6, 6.07) is -2.53. The van der Waals surface area contributed by atoms with Crippen molar-refractivity contribution in [3.05, 3.63) is 12.2 Å². The molecule has 14 N–H and O–H groups in total. The van der Waals surface area contributed by atoms with Crippen LogP contribution in [0.2, 0.25) is 0 Å². The van der Waals surface area contributed by atoms with Gasteiger partial charge in [-0.25, -0.2) is 4.79 Å². The van der Waals surface area contributed by atoms with Gasteiger partial charge in [0.2, 0.25) is 11.8 Å². The van der Waals surface area contributed by atoms with Gasteiger partial charge in [0.15, 0.2) is 12.6 Å². The molecule has 0 spiro atoms. The second-order valence-corrected chi connectivity index (χ2v) is 27.5. The Hall–Kier alpha value is -2.53. The Balaban J connectivity index is 1.56. The summed E-state index contributed by atoms with van der Waals surface area (Å²) in [7, 11) is 0. The number of aliphatic hydroxyl groups is 11. The third kappa shape index (κ3) is 34.1. The number of allylic oxidation sites excluding steroid dienone is 2. The maximum absolute atomic E-state index is 13.5. The van der Waals surface area contributed by atoms with Crippen molar-refractivity contribution in [3.63, 3.8) is 0 Å². The first-order chi connectivity index (χ1) is 45.9. The molecule has 558 valence electrons. The molecule has 3 aliphatic rings. The van der Waals surface area contributed by atoms with Crippen molar-refractivity contribution < 1.29 is 104 Å². The molecule has 0 aromatic carbocycles. The fourth-order valence-corrected chi connectivity index (χ4v) is 13.2. The summed E-state index contributed by atoms with van der Waals surface area (Å²) in [4.78, 5) is 38.6. The standard InChI is InChI=1S/C72H134N2O21/c1-4-6-8-10-12-14-16-18-20-22-24-25-26-28-29-31-33-35-37-39-41-43-45-54(79)53(74-59(82)46-44-42-40-38-36-34-32-30-27-23-21-19-17-15-13-11-9-7-5-2)51-90-69-64(86)63(85)66(58(50-77)92-69)93-70-65(87)68(62(84)57(49-76)91-70)95-72(71(88)89)47-55(80)60(73-52(3)78)67(94-72)61(83)56(81)48-75/h23,27,53-58,60-70,75-77,79-81,83-87H,4-22,24-26,28-51H2,1-3H3,(H,73,78)(H,74,82)(H,88,89)/b27-23-. The summed E-state index contributed by atoms with van der Waals surface area (Å²) in [6.45, 7) is 2.23. The second kappa shape index (κ2) is 52.5. The molecule has 3 saturated heterocycles. The molecule has 0 aliphatic carbocycles. The molecule has 95 heavy (non-hydrogen) atoms. The van der Waals surface area contributed by atoms with E-state index in [1.807, 2.05) is 0 Å². The number of carbonyl (C=O) groups is 3. The number of hydrogen-bond acceptors (Lipinski definition) is 20. The van der Waals surface area contributed by atoms with E-state index < -0.39 is 148 Å². The molecule has 23 heteroatoms. The van der Waals surface area contributed by atoms with E-state index in [9.17, 15) is 75.7 Å².